The molecule has 0 atom stereocenters. The van der Waals surface area contributed by atoms with Gasteiger partial charge in [-0.1, -0.05) is 76.1 Å². The minimum Gasteiger partial charge on any atom is -0.382 e. The molecule has 5 rings (SSSR count). The van der Waals surface area contributed by atoms with Crippen molar-refractivity contribution in [1.82, 2.24) is 19.7 Å². The van der Waals surface area contributed by atoms with Crippen LogP contribution in [0.5, 0.6) is 0 Å². The van der Waals surface area contributed by atoms with E-state index < -0.39 is 0 Å². The Morgan fingerprint density at radius 3 is 2.41 bits per heavy atom. The summed E-state index contributed by atoms with van der Waals surface area (Å²) >= 11 is 0. The fraction of sp³-hybridized carbons (Fsp3) is 0.517. The summed E-state index contributed by atoms with van der Waals surface area (Å²) in [5.74, 6) is 9.35. The molecule has 1 aliphatic carbocycles. The van der Waals surface area contributed by atoms with E-state index >= 15 is 0 Å². The van der Waals surface area contributed by atoms with Crippen LogP contribution >= 0.6 is 0 Å². The molecule has 3 aromatic rings. The Labute approximate surface area is 205 Å². The summed E-state index contributed by atoms with van der Waals surface area (Å²) in [6.07, 6.45) is 12.9. The fourth-order valence-electron chi connectivity index (χ4n) is 4.20. The SMILES string of the molecule is CC.CC1CCNCC1.Cc1ccccc1-c1cn2cc(C#CCCC3CCC3)c(N)nc2n1. The number of nitrogens with one attached hydrogen (secondary N) is 1. The lowest BCUT2D eigenvalue weighted by molar-refractivity contribution is 0.299. The summed E-state index contributed by atoms with van der Waals surface area (Å²) in [4.78, 5) is 9.03. The lowest BCUT2D eigenvalue weighted by atomic mass is 9.82. The predicted octanol–water partition coefficient (Wildman–Crippen LogP) is 6.25. The molecule has 0 radical (unpaired) electrons. The van der Waals surface area contributed by atoms with Crippen LogP contribution in [0.25, 0.3) is 17.0 Å². The Bertz CT molecular complexity index is 1090. The van der Waals surface area contributed by atoms with Crippen molar-refractivity contribution in [2.75, 3.05) is 18.8 Å². The van der Waals surface area contributed by atoms with Crippen molar-refractivity contribution in [2.45, 2.75) is 72.6 Å². The molecule has 5 nitrogen and oxygen atoms in total. The molecule has 1 aromatic carbocycles. The monoisotopic (exact) mass is 459 g/mol. The second-order valence-corrected chi connectivity index (χ2v) is 9.26. The van der Waals surface area contributed by atoms with E-state index in [1.165, 1.54) is 57.2 Å². The van der Waals surface area contributed by atoms with Crippen LogP contribution in [-0.2, 0) is 0 Å². The molecule has 0 bridgehead atoms. The van der Waals surface area contributed by atoms with E-state index in [1.807, 2.05) is 42.8 Å². The number of fused-ring (bicyclic) bond motifs is 1. The normalized spacial score (nSPS) is 15.8. The van der Waals surface area contributed by atoms with Gasteiger partial charge < -0.3 is 11.1 Å². The van der Waals surface area contributed by atoms with Gasteiger partial charge in [0.15, 0.2) is 0 Å². The first-order valence-corrected chi connectivity index (χ1v) is 13.0. The van der Waals surface area contributed by atoms with Crippen LogP contribution < -0.4 is 11.1 Å². The van der Waals surface area contributed by atoms with Gasteiger partial charge in [0.25, 0.3) is 0 Å². The number of hydrogen-bond acceptors (Lipinski definition) is 4. The van der Waals surface area contributed by atoms with Gasteiger partial charge in [-0.05, 0) is 56.7 Å². The number of nitrogens with zero attached hydrogens (tertiary/aromatic N) is 3. The second kappa shape index (κ2) is 13.2. The first kappa shape index (κ1) is 25.8. The second-order valence-electron chi connectivity index (χ2n) is 9.26. The number of aryl methyl sites for hydroxylation is 1. The van der Waals surface area contributed by atoms with E-state index in [2.05, 4.69) is 53.1 Å². The first-order valence-electron chi connectivity index (χ1n) is 13.0. The average Bonchev–Trinajstić information content (AvgIpc) is 3.22. The van der Waals surface area contributed by atoms with Crippen LogP contribution in [0, 0.1) is 30.6 Å². The molecule has 2 aliphatic rings. The highest BCUT2D eigenvalue weighted by Crippen LogP contribution is 2.30. The lowest BCUT2D eigenvalue weighted by Crippen LogP contribution is -2.26. The Morgan fingerprint density at radius 1 is 1.06 bits per heavy atom. The van der Waals surface area contributed by atoms with E-state index in [9.17, 15) is 0 Å². The van der Waals surface area contributed by atoms with Crippen LogP contribution in [0.2, 0.25) is 0 Å². The molecule has 0 spiro atoms. The van der Waals surface area contributed by atoms with Gasteiger partial charge in [0.05, 0.1) is 11.3 Å². The van der Waals surface area contributed by atoms with E-state index in [0.29, 0.717) is 11.6 Å². The summed E-state index contributed by atoms with van der Waals surface area (Å²) < 4.78 is 1.91. The van der Waals surface area contributed by atoms with Crippen molar-refractivity contribution in [3.8, 4) is 23.1 Å². The minimum atomic E-state index is 0.450. The third-order valence-corrected chi connectivity index (χ3v) is 6.65. The van der Waals surface area contributed by atoms with Gasteiger partial charge in [-0.2, -0.15) is 4.98 Å². The van der Waals surface area contributed by atoms with Crippen molar-refractivity contribution in [3.05, 3.63) is 47.8 Å². The first-order chi connectivity index (χ1) is 16.6. The highest BCUT2D eigenvalue weighted by atomic mass is 15.1. The van der Waals surface area contributed by atoms with Gasteiger partial charge >= 0.3 is 0 Å². The minimum absolute atomic E-state index is 0.450. The van der Waals surface area contributed by atoms with Crippen molar-refractivity contribution in [2.24, 2.45) is 11.8 Å². The van der Waals surface area contributed by atoms with Crippen LogP contribution in [-0.4, -0.2) is 27.5 Å². The number of nitrogens with two attached hydrogens (primary N) is 1. The van der Waals surface area contributed by atoms with Crippen LogP contribution in [0.3, 0.4) is 0 Å². The summed E-state index contributed by atoms with van der Waals surface area (Å²) in [7, 11) is 0. The Hall–Kier alpha value is -2.84. The maximum Gasteiger partial charge on any atom is 0.236 e. The zero-order chi connectivity index (χ0) is 24.3. The summed E-state index contributed by atoms with van der Waals surface area (Å²) in [6.45, 7) is 10.9. The highest BCUT2D eigenvalue weighted by Gasteiger charge is 2.15. The van der Waals surface area contributed by atoms with Gasteiger partial charge in [0.1, 0.15) is 5.82 Å². The highest BCUT2D eigenvalue weighted by molar-refractivity contribution is 5.66. The third kappa shape index (κ3) is 7.08. The van der Waals surface area contributed by atoms with Gasteiger partial charge in [-0.3, -0.25) is 4.40 Å². The van der Waals surface area contributed by atoms with Gasteiger partial charge in [-0.25, -0.2) is 4.98 Å². The number of anilines is 1. The molecule has 0 unspecified atom stereocenters. The van der Waals surface area contributed by atoms with Crippen LogP contribution in [0.4, 0.5) is 5.82 Å². The van der Waals surface area contributed by atoms with Crippen LogP contribution in [0.15, 0.2) is 36.7 Å². The van der Waals surface area contributed by atoms with E-state index in [0.717, 1.165) is 35.1 Å². The molecule has 2 fully saturated rings. The molecule has 182 valence electrons. The molecular formula is C29H41N5. The number of rotatable bonds is 3. The number of hydrogen-bond donors (Lipinski definition) is 2. The molecule has 1 saturated heterocycles. The van der Waals surface area contributed by atoms with Crippen molar-refractivity contribution in [3.63, 3.8) is 0 Å². The average molecular weight is 460 g/mol. The molecule has 0 amide bonds. The molecule has 1 aliphatic heterocycles. The molecule has 3 N–H and O–H groups in total. The summed E-state index contributed by atoms with van der Waals surface area (Å²) in [6, 6.07) is 8.21. The largest absolute Gasteiger partial charge is 0.382 e. The molecule has 34 heavy (non-hydrogen) atoms. The maximum absolute atomic E-state index is 6.08. The molecule has 1 saturated carbocycles. The lowest BCUT2D eigenvalue weighted by Gasteiger charge is -2.23. The van der Waals surface area contributed by atoms with E-state index in [4.69, 9.17) is 5.73 Å². The Morgan fingerprint density at radius 2 is 1.79 bits per heavy atom. The van der Waals surface area contributed by atoms with Crippen molar-refractivity contribution in [1.29, 1.82) is 0 Å². The fourth-order valence-corrected chi connectivity index (χ4v) is 4.20. The van der Waals surface area contributed by atoms with E-state index in [1.54, 1.807) is 0 Å². The summed E-state index contributed by atoms with van der Waals surface area (Å²) in [5.41, 5.74) is 10.1. The zero-order valence-corrected chi connectivity index (χ0v) is 21.4. The van der Waals surface area contributed by atoms with Gasteiger partial charge in [0, 0.05) is 24.4 Å². The predicted molar refractivity (Wildman–Crippen MR) is 144 cm³/mol. The van der Waals surface area contributed by atoms with Crippen molar-refractivity contribution < 1.29 is 0 Å². The van der Waals surface area contributed by atoms with Gasteiger partial charge in [0.2, 0.25) is 5.78 Å². The molecular weight excluding hydrogens is 418 g/mol. The van der Waals surface area contributed by atoms with Gasteiger partial charge in [-0.15, -0.1) is 0 Å². The maximum atomic E-state index is 6.08. The quantitative estimate of drug-likeness (QED) is 0.454. The topological polar surface area (TPSA) is 68.2 Å². The summed E-state index contributed by atoms with van der Waals surface area (Å²) in [5, 5.41) is 3.32. The third-order valence-electron chi connectivity index (χ3n) is 6.65. The smallest absolute Gasteiger partial charge is 0.236 e. The number of imidazole rings is 1. The number of aromatic nitrogens is 3. The molecule has 3 heterocycles. The molecule has 5 heteroatoms. The standard InChI is InChI=1S/C21H22N4.C6H13N.C2H6/c1-15-7-2-5-12-18(15)19-14-25-13-17(20(22)24-21(25)23-19)11-4-3-8-16-9-6-10-16;1-6-2-4-7-5-3-6;1-2/h2,5,7,12-14,16H,3,6,8-10H2,1H3,(H2,22,23,24);6-7H,2-5H2,1H3;1-2H3. The Balaban J connectivity index is 0.000000306. The zero-order valence-electron chi connectivity index (χ0n) is 21.4. The van der Waals surface area contributed by atoms with Crippen molar-refractivity contribution >= 4 is 11.6 Å². The number of nitrogen functional groups attached to an aromatic ring is 1. The Kier molecular flexibility index (Phi) is 9.97. The number of piperidine rings is 1. The number of benzene rings is 1. The molecule has 2 aromatic heterocycles. The van der Waals surface area contributed by atoms with Crippen LogP contribution in [0.1, 0.15) is 76.8 Å². The van der Waals surface area contributed by atoms with E-state index in [-0.39, 0.29) is 0 Å².